The Morgan fingerprint density at radius 3 is 2.56 bits per heavy atom. The fourth-order valence-electron chi connectivity index (χ4n) is 2.88. The molecule has 4 nitrogen and oxygen atoms in total. The van der Waals surface area contributed by atoms with Gasteiger partial charge < -0.3 is 10.6 Å². The molecule has 1 saturated carbocycles. The van der Waals surface area contributed by atoms with Crippen LogP contribution in [0.3, 0.4) is 0 Å². The number of nitrogens with zero attached hydrogens (tertiary/aromatic N) is 2. The van der Waals surface area contributed by atoms with Crippen LogP contribution in [0.1, 0.15) is 45.1 Å². The number of anilines is 2. The van der Waals surface area contributed by atoms with Gasteiger partial charge in [-0.25, -0.2) is 9.97 Å². The monoisotopic (exact) mass is 248 g/mol. The lowest BCUT2D eigenvalue weighted by Gasteiger charge is -2.22. The highest BCUT2D eigenvalue weighted by molar-refractivity contribution is 5.57. The number of hydrogen-bond donors (Lipinski definition) is 2. The van der Waals surface area contributed by atoms with Crippen LogP contribution in [0.15, 0.2) is 6.33 Å². The normalized spacial score (nSPS) is 17.7. The zero-order valence-corrected chi connectivity index (χ0v) is 11.7. The van der Waals surface area contributed by atoms with Crippen molar-refractivity contribution < 1.29 is 0 Å². The van der Waals surface area contributed by atoms with Crippen LogP contribution in [-0.2, 0) is 6.42 Å². The standard InChI is InChI=1S/C14H24N4/c1-4-12-13(15-3)16-9-17-14(12)18-10(2)11-7-5-6-8-11/h9-11H,4-8H2,1-3H3,(H2,15,16,17,18). The van der Waals surface area contributed by atoms with E-state index in [1.165, 1.54) is 31.2 Å². The SMILES string of the molecule is CCc1c(NC)ncnc1NC(C)C1CCCC1. The van der Waals surface area contributed by atoms with Crippen molar-refractivity contribution in [2.24, 2.45) is 5.92 Å². The summed E-state index contributed by atoms with van der Waals surface area (Å²) in [5.74, 6) is 2.73. The molecule has 1 aromatic rings. The van der Waals surface area contributed by atoms with Crippen LogP contribution in [0, 0.1) is 5.92 Å². The van der Waals surface area contributed by atoms with E-state index in [1.54, 1.807) is 6.33 Å². The molecule has 1 aromatic heterocycles. The maximum atomic E-state index is 4.41. The van der Waals surface area contributed by atoms with Gasteiger partial charge in [0.05, 0.1) is 0 Å². The molecule has 0 aromatic carbocycles. The average molecular weight is 248 g/mol. The highest BCUT2D eigenvalue weighted by Gasteiger charge is 2.22. The highest BCUT2D eigenvalue weighted by atomic mass is 15.1. The minimum absolute atomic E-state index is 0.498. The van der Waals surface area contributed by atoms with Crippen molar-refractivity contribution in [2.45, 2.75) is 52.0 Å². The Morgan fingerprint density at radius 1 is 1.28 bits per heavy atom. The molecule has 1 aliphatic rings. The molecule has 2 N–H and O–H groups in total. The van der Waals surface area contributed by atoms with E-state index in [2.05, 4.69) is 34.4 Å². The molecule has 1 atom stereocenters. The molecule has 1 aliphatic carbocycles. The Kier molecular flexibility index (Phi) is 4.39. The lowest BCUT2D eigenvalue weighted by Crippen LogP contribution is -2.25. The van der Waals surface area contributed by atoms with Gasteiger partial charge in [-0.2, -0.15) is 0 Å². The van der Waals surface area contributed by atoms with Gasteiger partial charge in [0.25, 0.3) is 0 Å². The van der Waals surface area contributed by atoms with E-state index >= 15 is 0 Å². The summed E-state index contributed by atoms with van der Waals surface area (Å²) in [6, 6.07) is 0.498. The topological polar surface area (TPSA) is 49.8 Å². The first kappa shape index (κ1) is 13.1. The van der Waals surface area contributed by atoms with Crippen LogP contribution in [0.2, 0.25) is 0 Å². The zero-order chi connectivity index (χ0) is 13.0. The van der Waals surface area contributed by atoms with Crippen LogP contribution >= 0.6 is 0 Å². The van der Waals surface area contributed by atoms with Crippen molar-refractivity contribution in [3.8, 4) is 0 Å². The fourth-order valence-corrected chi connectivity index (χ4v) is 2.88. The number of nitrogens with one attached hydrogen (secondary N) is 2. The van der Waals surface area contributed by atoms with Gasteiger partial charge in [0.1, 0.15) is 18.0 Å². The Morgan fingerprint density at radius 2 is 1.94 bits per heavy atom. The highest BCUT2D eigenvalue weighted by Crippen LogP contribution is 2.30. The first-order valence-electron chi connectivity index (χ1n) is 7.04. The lowest BCUT2D eigenvalue weighted by atomic mass is 9.99. The molecule has 0 spiro atoms. The first-order chi connectivity index (χ1) is 8.76. The van der Waals surface area contributed by atoms with Gasteiger partial charge in [-0.15, -0.1) is 0 Å². The van der Waals surface area contributed by atoms with Gasteiger partial charge in [0.15, 0.2) is 0 Å². The lowest BCUT2D eigenvalue weighted by molar-refractivity contribution is 0.480. The Bertz CT molecular complexity index is 385. The first-order valence-corrected chi connectivity index (χ1v) is 7.04. The van der Waals surface area contributed by atoms with Crippen molar-refractivity contribution in [1.29, 1.82) is 0 Å². The second-order valence-electron chi connectivity index (χ2n) is 5.13. The molecule has 0 radical (unpaired) electrons. The average Bonchev–Trinajstić information content (AvgIpc) is 2.92. The molecule has 4 heteroatoms. The van der Waals surface area contributed by atoms with E-state index in [0.29, 0.717) is 6.04 Å². The predicted octanol–water partition coefficient (Wildman–Crippen LogP) is 3.07. The van der Waals surface area contributed by atoms with Gasteiger partial charge in [-0.1, -0.05) is 19.8 Å². The summed E-state index contributed by atoms with van der Waals surface area (Å²) in [5.41, 5.74) is 1.19. The molecular weight excluding hydrogens is 224 g/mol. The second kappa shape index (κ2) is 6.03. The van der Waals surface area contributed by atoms with Crippen LogP contribution in [-0.4, -0.2) is 23.1 Å². The predicted molar refractivity (Wildman–Crippen MR) is 76.0 cm³/mol. The van der Waals surface area contributed by atoms with Crippen molar-refractivity contribution in [3.63, 3.8) is 0 Å². The van der Waals surface area contributed by atoms with E-state index in [0.717, 1.165) is 24.0 Å². The molecule has 2 rings (SSSR count). The molecule has 1 heterocycles. The number of aromatic nitrogens is 2. The summed E-state index contributed by atoms with van der Waals surface area (Å²) in [4.78, 5) is 8.68. The largest absolute Gasteiger partial charge is 0.373 e. The molecule has 1 unspecified atom stereocenters. The van der Waals surface area contributed by atoms with Crippen molar-refractivity contribution in [2.75, 3.05) is 17.7 Å². The van der Waals surface area contributed by atoms with Gasteiger partial charge in [0, 0.05) is 18.7 Å². The molecule has 0 saturated heterocycles. The third-order valence-electron chi connectivity index (χ3n) is 4.01. The Labute approximate surface area is 110 Å². The van der Waals surface area contributed by atoms with Crippen LogP contribution in [0.25, 0.3) is 0 Å². The molecule has 0 amide bonds. The van der Waals surface area contributed by atoms with Gasteiger partial charge in [-0.3, -0.25) is 0 Å². The molecule has 18 heavy (non-hydrogen) atoms. The summed E-state index contributed by atoms with van der Waals surface area (Å²) in [5, 5.41) is 6.73. The zero-order valence-electron chi connectivity index (χ0n) is 11.7. The maximum Gasteiger partial charge on any atom is 0.134 e. The smallest absolute Gasteiger partial charge is 0.134 e. The fraction of sp³-hybridized carbons (Fsp3) is 0.714. The summed E-state index contributed by atoms with van der Waals surface area (Å²) < 4.78 is 0. The minimum atomic E-state index is 0.498. The van der Waals surface area contributed by atoms with E-state index in [1.807, 2.05) is 7.05 Å². The summed E-state index contributed by atoms with van der Waals surface area (Å²) in [6.07, 6.45) is 8.02. The molecule has 100 valence electrons. The van der Waals surface area contributed by atoms with E-state index < -0.39 is 0 Å². The van der Waals surface area contributed by atoms with Gasteiger partial charge >= 0.3 is 0 Å². The molecular formula is C14H24N4. The van der Waals surface area contributed by atoms with Crippen molar-refractivity contribution in [1.82, 2.24) is 9.97 Å². The molecule has 1 fully saturated rings. The van der Waals surface area contributed by atoms with E-state index in [9.17, 15) is 0 Å². The summed E-state index contributed by atoms with van der Waals surface area (Å²) in [6.45, 7) is 4.42. The maximum absolute atomic E-state index is 4.41. The second-order valence-corrected chi connectivity index (χ2v) is 5.13. The third kappa shape index (κ3) is 2.74. The van der Waals surface area contributed by atoms with E-state index in [4.69, 9.17) is 0 Å². The van der Waals surface area contributed by atoms with Crippen LogP contribution < -0.4 is 10.6 Å². The van der Waals surface area contributed by atoms with Gasteiger partial charge in [0.2, 0.25) is 0 Å². The number of rotatable bonds is 5. The quantitative estimate of drug-likeness (QED) is 0.841. The molecule has 0 aliphatic heterocycles. The number of hydrogen-bond acceptors (Lipinski definition) is 4. The summed E-state index contributed by atoms with van der Waals surface area (Å²) in [7, 11) is 1.91. The third-order valence-corrected chi connectivity index (χ3v) is 4.01. The Hall–Kier alpha value is -1.32. The minimum Gasteiger partial charge on any atom is -0.373 e. The Balaban J connectivity index is 2.12. The summed E-state index contributed by atoms with van der Waals surface area (Å²) >= 11 is 0. The van der Waals surface area contributed by atoms with Crippen LogP contribution in [0.5, 0.6) is 0 Å². The molecule has 0 bridgehead atoms. The van der Waals surface area contributed by atoms with Crippen molar-refractivity contribution in [3.05, 3.63) is 11.9 Å². The van der Waals surface area contributed by atoms with Gasteiger partial charge in [-0.05, 0) is 32.1 Å². The van der Waals surface area contributed by atoms with E-state index in [-0.39, 0.29) is 0 Å². The van der Waals surface area contributed by atoms with Crippen LogP contribution in [0.4, 0.5) is 11.6 Å². The van der Waals surface area contributed by atoms with Crippen molar-refractivity contribution >= 4 is 11.6 Å².